The Morgan fingerprint density at radius 2 is 1.83 bits per heavy atom. The van der Waals surface area contributed by atoms with Crippen LogP contribution in [0.2, 0.25) is 0 Å². The number of amides is 1. The number of rotatable bonds is 8. The third kappa shape index (κ3) is 5.65. The molecule has 0 aliphatic rings. The molecule has 158 valence electrons. The summed E-state index contributed by atoms with van der Waals surface area (Å²) in [4.78, 5) is 16.6. The van der Waals surface area contributed by atoms with Crippen LogP contribution >= 0.6 is 11.8 Å². The van der Waals surface area contributed by atoms with E-state index >= 15 is 0 Å². The molecule has 0 aliphatic carbocycles. The molecule has 2 N–H and O–H groups in total. The third-order valence-corrected chi connectivity index (χ3v) is 6.39. The first kappa shape index (κ1) is 21.9. The van der Waals surface area contributed by atoms with E-state index in [0.717, 1.165) is 11.8 Å². The molecular formula is C19H21N5O4S2. The zero-order chi connectivity index (χ0) is 21.7. The summed E-state index contributed by atoms with van der Waals surface area (Å²) in [7, 11) is -3.58. The van der Waals surface area contributed by atoms with Gasteiger partial charge in [-0.3, -0.25) is 9.78 Å². The molecule has 11 heteroatoms. The fourth-order valence-corrected chi connectivity index (χ4v) is 4.34. The molecular weight excluding hydrogens is 426 g/mol. The Bertz CT molecular complexity index is 1100. The normalized spacial score (nSPS) is 12.7. The second-order valence-electron chi connectivity index (χ2n) is 6.66. The summed E-state index contributed by atoms with van der Waals surface area (Å²) >= 11 is 1.12. The zero-order valence-corrected chi connectivity index (χ0v) is 18.2. The van der Waals surface area contributed by atoms with E-state index in [4.69, 9.17) is 4.42 Å². The predicted octanol–water partition coefficient (Wildman–Crippen LogP) is 2.94. The molecule has 1 unspecified atom stereocenters. The first-order valence-electron chi connectivity index (χ1n) is 9.08. The number of benzene rings is 1. The molecule has 2 heterocycles. The molecule has 0 saturated heterocycles. The highest BCUT2D eigenvalue weighted by Crippen LogP contribution is 2.26. The fourth-order valence-electron chi connectivity index (χ4n) is 2.41. The smallest absolute Gasteiger partial charge is 0.277 e. The second kappa shape index (κ2) is 9.37. The van der Waals surface area contributed by atoms with Crippen LogP contribution in [0.5, 0.6) is 0 Å². The lowest BCUT2D eigenvalue weighted by atomic mass is 10.3. The summed E-state index contributed by atoms with van der Waals surface area (Å²) in [6, 6.07) is 9.31. The van der Waals surface area contributed by atoms with E-state index in [1.807, 2.05) is 0 Å². The Labute approximate surface area is 178 Å². The van der Waals surface area contributed by atoms with Gasteiger partial charge in [0.05, 0.1) is 15.7 Å². The van der Waals surface area contributed by atoms with Crippen LogP contribution in [0.15, 0.2) is 63.3 Å². The topological polar surface area (TPSA) is 127 Å². The van der Waals surface area contributed by atoms with E-state index in [2.05, 4.69) is 25.2 Å². The molecule has 0 saturated carbocycles. The summed E-state index contributed by atoms with van der Waals surface area (Å²) in [5.41, 5.74) is 1.17. The van der Waals surface area contributed by atoms with Crippen LogP contribution in [0.1, 0.15) is 20.8 Å². The summed E-state index contributed by atoms with van der Waals surface area (Å²) < 4.78 is 32.4. The standard InChI is InChI=1S/C19H21N5O4S2/c1-12(2)24-30(26,27)16-8-6-15(7-9-16)21-17(25)13(3)29-19-23-22-18(28-19)14-5-4-10-20-11-14/h4-13,24H,1-3H3,(H,21,25). The molecule has 30 heavy (non-hydrogen) atoms. The van der Waals surface area contributed by atoms with Crippen LogP contribution in [-0.4, -0.2) is 40.8 Å². The van der Waals surface area contributed by atoms with Gasteiger partial charge in [0.15, 0.2) is 0 Å². The molecule has 0 radical (unpaired) electrons. The van der Waals surface area contributed by atoms with Crippen molar-refractivity contribution in [2.24, 2.45) is 0 Å². The van der Waals surface area contributed by atoms with E-state index in [-0.39, 0.29) is 22.1 Å². The van der Waals surface area contributed by atoms with Gasteiger partial charge in [0, 0.05) is 24.1 Å². The molecule has 1 atom stereocenters. The third-order valence-electron chi connectivity index (χ3n) is 3.78. The molecule has 0 fully saturated rings. The van der Waals surface area contributed by atoms with Crippen molar-refractivity contribution >= 4 is 33.4 Å². The van der Waals surface area contributed by atoms with Crippen LogP contribution in [0.4, 0.5) is 5.69 Å². The Balaban J connectivity index is 1.60. The molecule has 3 aromatic rings. The Morgan fingerprint density at radius 1 is 1.10 bits per heavy atom. The van der Waals surface area contributed by atoms with Gasteiger partial charge >= 0.3 is 0 Å². The number of hydrogen-bond donors (Lipinski definition) is 2. The van der Waals surface area contributed by atoms with Gasteiger partial charge in [-0.25, -0.2) is 13.1 Å². The Morgan fingerprint density at radius 3 is 2.47 bits per heavy atom. The minimum absolute atomic E-state index is 0.130. The van der Waals surface area contributed by atoms with Gasteiger partial charge in [-0.2, -0.15) is 0 Å². The average Bonchev–Trinajstić information content (AvgIpc) is 3.16. The molecule has 1 amide bonds. The van der Waals surface area contributed by atoms with Crippen molar-refractivity contribution in [3.63, 3.8) is 0 Å². The zero-order valence-electron chi connectivity index (χ0n) is 16.6. The number of hydrogen-bond acceptors (Lipinski definition) is 8. The Kier molecular flexibility index (Phi) is 6.85. The van der Waals surface area contributed by atoms with Crippen LogP contribution in [-0.2, 0) is 14.8 Å². The molecule has 0 bridgehead atoms. The second-order valence-corrected chi connectivity index (χ2v) is 9.67. The monoisotopic (exact) mass is 447 g/mol. The number of carbonyl (C=O) groups is 1. The molecule has 0 spiro atoms. The highest BCUT2D eigenvalue weighted by molar-refractivity contribution is 8.00. The minimum Gasteiger partial charge on any atom is -0.411 e. The molecule has 2 aromatic heterocycles. The summed E-state index contributed by atoms with van der Waals surface area (Å²) in [6.07, 6.45) is 3.25. The lowest BCUT2D eigenvalue weighted by molar-refractivity contribution is -0.115. The number of nitrogens with one attached hydrogen (secondary N) is 2. The molecule has 0 aliphatic heterocycles. The first-order chi connectivity index (χ1) is 14.2. The Hall–Kier alpha value is -2.76. The van der Waals surface area contributed by atoms with Gasteiger partial charge in [-0.15, -0.1) is 10.2 Å². The van der Waals surface area contributed by atoms with E-state index in [1.54, 1.807) is 45.3 Å². The summed E-state index contributed by atoms with van der Waals surface area (Å²) in [5, 5.41) is 10.4. The van der Waals surface area contributed by atoms with Crippen molar-refractivity contribution in [1.29, 1.82) is 0 Å². The molecule has 9 nitrogen and oxygen atoms in total. The van der Waals surface area contributed by atoms with Gasteiger partial charge in [0.25, 0.3) is 5.22 Å². The van der Waals surface area contributed by atoms with Gasteiger partial charge in [0.1, 0.15) is 0 Å². The van der Waals surface area contributed by atoms with Crippen molar-refractivity contribution in [2.45, 2.75) is 42.2 Å². The van der Waals surface area contributed by atoms with Crippen molar-refractivity contribution in [3.8, 4) is 11.5 Å². The maximum absolute atomic E-state index is 12.5. The highest BCUT2D eigenvalue weighted by atomic mass is 32.2. The maximum Gasteiger partial charge on any atom is 0.277 e. The van der Waals surface area contributed by atoms with Crippen molar-refractivity contribution < 1.29 is 17.6 Å². The van der Waals surface area contributed by atoms with Crippen molar-refractivity contribution in [1.82, 2.24) is 19.9 Å². The van der Waals surface area contributed by atoms with Gasteiger partial charge in [-0.1, -0.05) is 11.8 Å². The van der Waals surface area contributed by atoms with Gasteiger partial charge in [-0.05, 0) is 57.2 Å². The largest absolute Gasteiger partial charge is 0.411 e. The van der Waals surface area contributed by atoms with Crippen molar-refractivity contribution in [2.75, 3.05) is 5.32 Å². The van der Waals surface area contributed by atoms with Crippen molar-refractivity contribution in [3.05, 3.63) is 48.8 Å². The number of carbonyl (C=O) groups excluding carboxylic acids is 1. The van der Waals surface area contributed by atoms with Gasteiger partial charge < -0.3 is 9.73 Å². The fraction of sp³-hybridized carbons (Fsp3) is 0.263. The quantitative estimate of drug-likeness (QED) is 0.505. The number of sulfonamides is 1. The summed E-state index contributed by atoms with van der Waals surface area (Å²) in [5.74, 6) is 0.0436. The number of thioether (sulfide) groups is 1. The van der Waals surface area contributed by atoms with E-state index < -0.39 is 15.3 Å². The van der Waals surface area contributed by atoms with Crippen LogP contribution in [0.3, 0.4) is 0 Å². The maximum atomic E-state index is 12.5. The lowest BCUT2D eigenvalue weighted by Gasteiger charge is -2.12. The number of aromatic nitrogens is 3. The first-order valence-corrected chi connectivity index (χ1v) is 11.4. The number of anilines is 1. The van der Waals surface area contributed by atoms with Crippen LogP contribution < -0.4 is 10.0 Å². The SMILES string of the molecule is CC(C)NS(=O)(=O)c1ccc(NC(=O)C(C)Sc2nnc(-c3cccnc3)o2)cc1. The summed E-state index contributed by atoms with van der Waals surface area (Å²) in [6.45, 7) is 5.20. The average molecular weight is 448 g/mol. The van der Waals surface area contributed by atoms with Crippen LogP contribution in [0.25, 0.3) is 11.5 Å². The molecule has 1 aromatic carbocycles. The highest BCUT2D eigenvalue weighted by Gasteiger charge is 2.20. The molecule has 3 rings (SSSR count). The van der Waals surface area contributed by atoms with E-state index in [0.29, 0.717) is 17.1 Å². The van der Waals surface area contributed by atoms with Gasteiger partial charge in [0.2, 0.25) is 21.8 Å². The number of nitrogens with zero attached hydrogens (tertiary/aromatic N) is 3. The van der Waals surface area contributed by atoms with Crippen LogP contribution in [0, 0.1) is 0 Å². The minimum atomic E-state index is -3.58. The van der Waals surface area contributed by atoms with E-state index in [9.17, 15) is 13.2 Å². The predicted molar refractivity (Wildman–Crippen MR) is 113 cm³/mol. The lowest BCUT2D eigenvalue weighted by Crippen LogP contribution is -2.30. The van der Waals surface area contributed by atoms with E-state index in [1.165, 1.54) is 24.3 Å². The number of pyridine rings is 1.